The molecule has 1 atom stereocenters. The maximum atomic E-state index is 4.34. The van der Waals surface area contributed by atoms with Crippen LogP contribution in [0.1, 0.15) is 31.9 Å². The van der Waals surface area contributed by atoms with Crippen LogP contribution in [0.3, 0.4) is 0 Å². The molecule has 1 rings (SSSR count). The molecule has 1 unspecified atom stereocenters. The summed E-state index contributed by atoms with van der Waals surface area (Å²) in [6.07, 6.45) is 11.1. The van der Waals surface area contributed by atoms with Crippen LogP contribution in [-0.4, -0.2) is 4.98 Å². The smallest absolute Gasteiger partial charge is 0.0469 e. The first-order valence-corrected chi connectivity index (χ1v) is 5.68. The molecule has 16 heavy (non-hydrogen) atoms. The van der Waals surface area contributed by atoms with Crippen LogP contribution in [0.25, 0.3) is 0 Å². The quantitative estimate of drug-likeness (QED) is 0.666. The largest absolute Gasteiger partial charge is 0.261 e. The second kappa shape index (κ2) is 6.78. The number of allylic oxidation sites excluding steroid dienone is 5. The Morgan fingerprint density at radius 3 is 2.88 bits per heavy atom. The summed E-state index contributed by atoms with van der Waals surface area (Å²) >= 11 is 0. The molecule has 0 aliphatic heterocycles. The Bertz CT molecular complexity index is 374. The van der Waals surface area contributed by atoms with Gasteiger partial charge in [0, 0.05) is 17.8 Å². The topological polar surface area (TPSA) is 12.9 Å². The van der Waals surface area contributed by atoms with Gasteiger partial charge in [-0.1, -0.05) is 50.8 Å². The summed E-state index contributed by atoms with van der Waals surface area (Å²) in [5.74, 6) is 0.348. The Morgan fingerprint density at radius 1 is 1.50 bits per heavy atom. The van der Waals surface area contributed by atoms with Gasteiger partial charge < -0.3 is 0 Å². The van der Waals surface area contributed by atoms with Gasteiger partial charge >= 0.3 is 0 Å². The van der Waals surface area contributed by atoms with Gasteiger partial charge in [-0.3, -0.25) is 4.98 Å². The Labute approximate surface area is 98.2 Å². The molecular formula is C15H19N. The molecule has 1 aromatic rings. The lowest BCUT2D eigenvalue weighted by atomic mass is 10.0. The summed E-state index contributed by atoms with van der Waals surface area (Å²) in [5, 5.41) is 0. The number of aromatic nitrogens is 1. The van der Waals surface area contributed by atoms with Crippen LogP contribution in [0.15, 0.2) is 60.9 Å². The first-order valence-electron chi connectivity index (χ1n) is 5.68. The molecule has 84 valence electrons. The van der Waals surface area contributed by atoms with Crippen molar-refractivity contribution in [3.8, 4) is 0 Å². The molecule has 1 heterocycles. The van der Waals surface area contributed by atoms with Crippen molar-refractivity contribution in [3.05, 3.63) is 66.5 Å². The lowest BCUT2D eigenvalue weighted by molar-refractivity contribution is 0.904. The fourth-order valence-corrected chi connectivity index (χ4v) is 1.45. The predicted molar refractivity (Wildman–Crippen MR) is 70.4 cm³/mol. The van der Waals surface area contributed by atoms with E-state index in [0.717, 1.165) is 12.1 Å². The van der Waals surface area contributed by atoms with Crippen molar-refractivity contribution in [3.63, 3.8) is 0 Å². The third kappa shape index (κ3) is 3.85. The molecule has 0 radical (unpaired) electrons. The summed E-state index contributed by atoms with van der Waals surface area (Å²) in [5.41, 5.74) is 2.39. The Hall–Kier alpha value is -1.63. The summed E-state index contributed by atoms with van der Waals surface area (Å²) in [6, 6.07) is 6.01. The SMILES string of the molecule is C=C/C=C(\C=C/C(C)c1ccccn1)CC. The highest BCUT2D eigenvalue weighted by Gasteiger charge is 2.00. The van der Waals surface area contributed by atoms with Crippen LogP contribution in [0, 0.1) is 0 Å². The second-order valence-corrected chi connectivity index (χ2v) is 3.73. The van der Waals surface area contributed by atoms with Crippen molar-refractivity contribution >= 4 is 0 Å². The van der Waals surface area contributed by atoms with Crippen molar-refractivity contribution in [2.75, 3.05) is 0 Å². The first-order chi connectivity index (χ1) is 7.77. The highest BCUT2D eigenvalue weighted by Crippen LogP contribution is 2.15. The van der Waals surface area contributed by atoms with E-state index in [0.29, 0.717) is 5.92 Å². The number of rotatable bonds is 5. The van der Waals surface area contributed by atoms with E-state index in [1.807, 2.05) is 30.5 Å². The average Bonchev–Trinajstić information content (AvgIpc) is 2.35. The lowest BCUT2D eigenvalue weighted by Gasteiger charge is -2.05. The Morgan fingerprint density at radius 2 is 2.31 bits per heavy atom. The maximum Gasteiger partial charge on any atom is 0.0469 e. The van der Waals surface area contributed by atoms with E-state index in [2.05, 4.69) is 43.6 Å². The maximum absolute atomic E-state index is 4.34. The summed E-state index contributed by atoms with van der Waals surface area (Å²) in [4.78, 5) is 4.34. The number of nitrogens with zero attached hydrogens (tertiary/aromatic N) is 1. The third-order valence-electron chi connectivity index (χ3n) is 2.49. The molecule has 0 aromatic carbocycles. The van der Waals surface area contributed by atoms with Gasteiger partial charge in [-0.2, -0.15) is 0 Å². The minimum atomic E-state index is 0.348. The van der Waals surface area contributed by atoms with E-state index in [1.165, 1.54) is 5.57 Å². The second-order valence-electron chi connectivity index (χ2n) is 3.73. The normalized spacial score (nSPS) is 14.0. The molecule has 0 aliphatic carbocycles. The minimum absolute atomic E-state index is 0.348. The molecule has 0 amide bonds. The number of hydrogen-bond donors (Lipinski definition) is 0. The van der Waals surface area contributed by atoms with Gasteiger partial charge in [0.2, 0.25) is 0 Å². The van der Waals surface area contributed by atoms with Crippen molar-refractivity contribution < 1.29 is 0 Å². The summed E-state index contributed by atoms with van der Waals surface area (Å²) < 4.78 is 0. The van der Waals surface area contributed by atoms with Crippen LogP contribution in [0.4, 0.5) is 0 Å². The molecule has 0 saturated heterocycles. The van der Waals surface area contributed by atoms with E-state index in [1.54, 1.807) is 0 Å². The van der Waals surface area contributed by atoms with E-state index in [9.17, 15) is 0 Å². The Balaban J connectivity index is 2.70. The minimum Gasteiger partial charge on any atom is -0.261 e. The van der Waals surface area contributed by atoms with Crippen molar-refractivity contribution in [2.24, 2.45) is 0 Å². The molecule has 0 fully saturated rings. The zero-order valence-corrected chi connectivity index (χ0v) is 10.1. The van der Waals surface area contributed by atoms with Crippen molar-refractivity contribution in [1.82, 2.24) is 4.98 Å². The monoisotopic (exact) mass is 213 g/mol. The van der Waals surface area contributed by atoms with E-state index >= 15 is 0 Å². The van der Waals surface area contributed by atoms with E-state index < -0.39 is 0 Å². The van der Waals surface area contributed by atoms with Crippen LogP contribution >= 0.6 is 0 Å². The molecule has 1 nitrogen and oxygen atoms in total. The van der Waals surface area contributed by atoms with Crippen LogP contribution in [-0.2, 0) is 0 Å². The number of hydrogen-bond acceptors (Lipinski definition) is 1. The van der Waals surface area contributed by atoms with Gasteiger partial charge in [-0.25, -0.2) is 0 Å². The molecular weight excluding hydrogens is 194 g/mol. The molecule has 0 N–H and O–H groups in total. The lowest BCUT2D eigenvalue weighted by Crippen LogP contribution is -1.92. The van der Waals surface area contributed by atoms with Gasteiger partial charge in [0.25, 0.3) is 0 Å². The van der Waals surface area contributed by atoms with Crippen molar-refractivity contribution in [2.45, 2.75) is 26.2 Å². The van der Waals surface area contributed by atoms with Gasteiger partial charge in [-0.15, -0.1) is 0 Å². The van der Waals surface area contributed by atoms with Gasteiger partial charge in [-0.05, 0) is 24.1 Å². The van der Waals surface area contributed by atoms with Crippen LogP contribution in [0.2, 0.25) is 0 Å². The molecule has 1 heteroatoms. The zero-order chi connectivity index (χ0) is 11.8. The van der Waals surface area contributed by atoms with Gasteiger partial charge in [0.05, 0.1) is 0 Å². The summed E-state index contributed by atoms with van der Waals surface area (Å²) in [7, 11) is 0. The van der Waals surface area contributed by atoms with Crippen LogP contribution < -0.4 is 0 Å². The van der Waals surface area contributed by atoms with Crippen molar-refractivity contribution in [1.29, 1.82) is 0 Å². The average molecular weight is 213 g/mol. The highest BCUT2D eigenvalue weighted by molar-refractivity contribution is 5.25. The summed E-state index contributed by atoms with van der Waals surface area (Å²) in [6.45, 7) is 8.01. The molecule has 0 saturated carbocycles. The van der Waals surface area contributed by atoms with E-state index in [4.69, 9.17) is 0 Å². The first kappa shape index (κ1) is 12.4. The van der Waals surface area contributed by atoms with Crippen LogP contribution in [0.5, 0.6) is 0 Å². The fourth-order valence-electron chi connectivity index (χ4n) is 1.45. The molecule has 1 aromatic heterocycles. The van der Waals surface area contributed by atoms with Gasteiger partial charge in [0.15, 0.2) is 0 Å². The standard InChI is InChI=1S/C15H19N/c1-4-8-14(5-2)11-10-13(3)15-9-6-7-12-16-15/h4,6-13H,1,5H2,2-3H3/b11-10-,14-8-. The van der Waals surface area contributed by atoms with Gasteiger partial charge in [0.1, 0.15) is 0 Å². The number of pyridine rings is 1. The van der Waals surface area contributed by atoms with E-state index in [-0.39, 0.29) is 0 Å². The highest BCUT2D eigenvalue weighted by atomic mass is 14.7. The zero-order valence-electron chi connectivity index (χ0n) is 10.1. The predicted octanol–water partition coefficient (Wildman–Crippen LogP) is 4.26. The molecule has 0 aliphatic rings. The Kier molecular flexibility index (Phi) is 5.27. The third-order valence-corrected chi connectivity index (χ3v) is 2.49. The fraction of sp³-hybridized carbons (Fsp3) is 0.267. The molecule has 0 bridgehead atoms. The molecule has 0 spiro atoms.